The molecule has 104 valence electrons. The van der Waals surface area contributed by atoms with Gasteiger partial charge in [0.2, 0.25) is 0 Å². The first-order chi connectivity index (χ1) is 8.90. The van der Waals surface area contributed by atoms with Crippen LogP contribution in [0.3, 0.4) is 0 Å². The van der Waals surface area contributed by atoms with Crippen LogP contribution in [0.1, 0.15) is 28.5 Å². The summed E-state index contributed by atoms with van der Waals surface area (Å²) in [6, 6.07) is 1.79. The Balaban J connectivity index is 3.29. The molecule has 0 aliphatic heterocycles. The lowest BCUT2D eigenvalue weighted by Crippen LogP contribution is -2.33. The number of nitrogens with zero attached hydrogens (tertiary/aromatic N) is 2. The molecule has 0 saturated heterocycles. The fourth-order valence-electron chi connectivity index (χ4n) is 1.91. The quantitative estimate of drug-likeness (QED) is 0.796. The molecule has 2 N–H and O–H groups in total. The van der Waals surface area contributed by atoms with Crippen LogP contribution in [0.5, 0.6) is 0 Å². The summed E-state index contributed by atoms with van der Waals surface area (Å²) in [6.07, 6.45) is 0. The van der Waals surface area contributed by atoms with E-state index in [4.69, 9.17) is 5.73 Å². The van der Waals surface area contributed by atoms with E-state index in [1.54, 1.807) is 17.9 Å². The molecule has 1 heterocycles. The molecule has 0 aliphatic carbocycles. The Kier molecular flexibility index (Phi) is 4.86. The average molecular weight is 265 g/mol. The molecule has 6 nitrogen and oxygen atoms in total. The van der Waals surface area contributed by atoms with Gasteiger partial charge in [-0.15, -0.1) is 0 Å². The van der Waals surface area contributed by atoms with E-state index in [-0.39, 0.29) is 6.54 Å². The van der Waals surface area contributed by atoms with E-state index in [0.717, 1.165) is 11.3 Å². The van der Waals surface area contributed by atoms with Crippen molar-refractivity contribution in [1.29, 1.82) is 0 Å². The number of primary amides is 1. The fraction of sp³-hybridized carbons (Fsp3) is 0.462. The van der Waals surface area contributed by atoms with Gasteiger partial charge >= 0.3 is 5.97 Å². The van der Waals surface area contributed by atoms with Crippen molar-refractivity contribution in [1.82, 2.24) is 4.98 Å². The number of methoxy groups -OCH3 is 1. The first-order valence-electron chi connectivity index (χ1n) is 6.00. The Bertz CT molecular complexity index is 500. The summed E-state index contributed by atoms with van der Waals surface area (Å²) < 4.78 is 4.64. The number of esters is 1. The van der Waals surface area contributed by atoms with Crippen molar-refractivity contribution >= 4 is 17.7 Å². The normalized spacial score (nSPS) is 10.1. The van der Waals surface area contributed by atoms with Gasteiger partial charge in [-0.05, 0) is 32.4 Å². The van der Waals surface area contributed by atoms with Crippen LogP contribution in [0.2, 0.25) is 0 Å². The van der Waals surface area contributed by atoms with E-state index in [9.17, 15) is 9.59 Å². The minimum atomic E-state index is -0.552. The zero-order chi connectivity index (χ0) is 14.6. The SMILES string of the molecule is CCN(CC(=O)OC)c1nc(C)cc(C)c1C(N)=O. The Hall–Kier alpha value is -2.11. The Labute approximate surface area is 112 Å². The summed E-state index contributed by atoms with van der Waals surface area (Å²) in [7, 11) is 1.32. The minimum Gasteiger partial charge on any atom is -0.468 e. The number of carbonyl (C=O) groups is 2. The zero-order valence-corrected chi connectivity index (χ0v) is 11.7. The number of amides is 1. The second-order valence-electron chi connectivity index (χ2n) is 4.23. The summed E-state index contributed by atoms with van der Waals surface area (Å²) in [6.45, 7) is 6.04. The number of pyridine rings is 1. The zero-order valence-electron chi connectivity index (χ0n) is 11.7. The van der Waals surface area contributed by atoms with Crippen molar-refractivity contribution in [3.05, 3.63) is 22.9 Å². The second-order valence-corrected chi connectivity index (χ2v) is 4.23. The van der Waals surface area contributed by atoms with E-state index in [2.05, 4.69) is 9.72 Å². The highest BCUT2D eigenvalue weighted by molar-refractivity contribution is 5.99. The molecule has 0 fully saturated rings. The monoisotopic (exact) mass is 265 g/mol. The number of rotatable bonds is 5. The lowest BCUT2D eigenvalue weighted by molar-refractivity contribution is -0.138. The predicted octanol–water partition coefficient (Wildman–Crippen LogP) is 0.797. The Morgan fingerprint density at radius 1 is 1.42 bits per heavy atom. The number of aryl methyl sites for hydroxylation is 2. The lowest BCUT2D eigenvalue weighted by Gasteiger charge is -2.23. The molecule has 19 heavy (non-hydrogen) atoms. The molecule has 1 amide bonds. The van der Waals surface area contributed by atoms with E-state index in [1.165, 1.54) is 7.11 Å². The molecule has 0 aliphatic rings. The van der Waals surface area contributed by atoms with Crippen molar-refractivity contribution in [3.8, 4) is 0 Å². The molecule has 0 bridgehead atoms. The maximum absolute atomic E-state index is 11.6. The Morgan fingerprint density at radius 3 is 2.53 bits per heavy atom. The minimum absolute atomic E-state index is 0.0309. The highest BCUT2D eigenvalue weighted by Gasteiger charge is 2.20. The van der Waals surface area contributed by atoms with Crippen LogP contribution < -0.4 is 10.6 Å². The van der Waals surface area contributed by atoms with Gasteiger partial charge in [-0.25, -0.2) is 4.98 Å². The number of hydrogen-bond donors (Lipinski definition) is 1. The van der Waals surface area contributed by atoms with Crippen LogP contribution in [-0.2, 0) is 9.53 Å². The number of nitrogens with two attached hydrogens (primary N) is 1. The summed E-state index contributed by atoms with van der Waals surface area (Å²) in [5, 5.41) is 0. The maximum atomic E-state index is 11.6. The number of aromatic nitrogens is 1. The standard InChI is InChI=1S/C13H19N3O3/c1-5-16(7-10(17)19-4)13-11(12(14)18)8(2)6-9(3)15-13/h6H,5,7H2,1-4H3,(H2,14,18). The lowest BCUT2D eigenvalue weighted by atomic mass is 10.1. The van der Waals surface area contributed by atoms with Crippen molar-refractivity contribution in [2.45, 2.75) is 20.8 Å². The van der Waals surface area contributed by atoms with Crippen LogP contribution in [0.15, 0.2) is 6.07 Å². The average Bonchev–Trinajstić information content (AvgIpc) is 2.33. The molecule has 1 aromatic heterocycles. The molecule has 0 radical (unpaired) electrons. The van der Waals surface area contributed by atoms with Crippen molar-refractivity contribution in [2.24, 2.45) is 5.73 Å². The smallest absolute Gasteiger partial charge is 0.325 e. The first kappa shape index (κ1) is 14.9. The van der Waals surface area contributed by atoms with Gasteiger partial charge in [0.25, 0.3) is 5.91 Å². The molecule has 1 aromatic rings. The number of likely N-dealkylation sites (N-methyl/N-ethyl adjacent to an activating group) is 1. The van der Waals surface area contributed by atoms with Gasteiger partial charge in [-0.2, -0.15) is 0 Å². The molecule has 1 rings (SSSR count). The Morgan fingerprint density at radius 2 is 2.05 bits per heavy atom. The molecule has 0 aromatic carbocycles. The molecular weight excluding hydrogens is 246 g/mol. The molecular formula is C13H19N3O3. The third-order valence-corrected chi connectivity index (χ3v) is 2.80. The number of hydrogen-bond acceptors (Lipinski definition) is 5. The van der Waals surface area contributed by atoms with Gasteiger partial charge in [0.15, 0.2) is 0 Å². The van der Waals surface area contributed by atoms with Gasteiger partial charge in [0, 0.05) is 12.2 Å². The van der Waals surface area contributed by atoms with Crippen LogP contribution in [0.25, 0.3) is 0 Å². The van der Waals surface area contributed by atoms with Gasteiger partial charge in [0.1, 0.15) is 12.4 Å². The molecule has 0 saturated carbocycles. The molecule has 0 unspecified atom stereocenters. The highest BCUT2D eigenvalue weighted by Crippen LogP contribution is 2.22. The van der Waals surface area contributed by atoms with Gasteiger partial charge in [0.05, 0.1) is 12.7 Å². The van der Waals surface area contributed by atoms with Crippen molar-refractivity contribution in [2.75, 3.05) is 25.1 Å². The van der Waals surface area contributed by atoms with Crippen molar-refractivity contribution in [3.63, 3.8) is 0 Å². The van der Waals surface area contributed by atoms with Crippen LogP contribution in [0, 0.1) is 13.8 Å². The van der Waals surface area contributed by atoms with Gasteiger partial charge in [-0.3, -0.25) is 9.59 Å². The number of ether oxygens (including phenoxy) is 1. The van der Waals surface area contributed by atoms with Gasteiger partial charge in [-0.1, -0.05) is 0 Å². The summed E-state index contributed by atoms with van der Waals surface area (Å²) >= 11 is 0. The summed E-state index contributed by atoms with van der Waals surface area (Å²) in [4.78, 5) is 29.0. The second kappa shape index (κ2) is 6.17. The number of carbonyl (C=O) groups excluding carboxylic acids is 2. The third kappa shape index (κ3) is 3.43. The third-order valence-electron chi connectivity index (χ3n) is 2.80. The summed E-state index contributed by atoms with van der Waals surface area (Å²) in [5.41, 5.74) is 7.26. The van der Waals surface area contributed by atoms with Crippen molar-refractivity contribution < 1.29 is 14.3 Å². The maximum Gasteiger partial charge on any atom is 0.325 e. The van der Waals surface area contributed by atoms with Gasteiger partial charge < -0.3 is 15.4 Å². The summed E-state index contributed by atoms with van der Waals surface area (Å²) in [5.74, 6) is -0.514. The molecule has 0 spiro atoms. The van der Waals surface area contributed by atoms with E-state index >= 15 is 0 Å². The largest absolute Gasteiger partial charge is 0.468 e. The van der Waals surface area contributed by atoms with Crippen LogP contribution in [0.4, 0.5) is 5.82 Å². The fourth-order valence-corrected chi connectivity index (χ4v) is 1.91. The van der Waals surface area contributed by atoms with E-state index in [0.29, 0.717) is 17.9 Å². The molecule has 0 atom stereocenters. The van der Waals surface area contributed by atoms with E-state index < -0.39 is 11.9 Å². The van der Waals surface area contributed by atoms with E-state index in [1.807, 2.05) is 13.8 Å². The molecule has 6 heteroatoms. The highest BCUT2D eigenvalue weighted by atomic mass is 16.5. The first-order valence-corrected chi connectivity index (χ1v) is 6.00. The predicted molar refractivity (Wildman–Crippen MR) is 72.1 cm³/mol. The van der Waals surface area contributed by atoms with Crippen LogP contribution >= 0.6 is 0 Å². The number of anilines is 1. The van der Waals surface area contributed by atoms with Crippen LogP contribution in [-0.4, -0.2) is 37.1 Å². The topological polar surface area (TPSA) is 85.5 Å².